The summed E-state index contributed by atoms with van der Waals surface area (Å²) in [6, 6.07) is 15.0. The zero-order valence-electron chi connectivity index (χ0n) is 22.4. The largest absolute Gasteiger partial charge is 0.457 e. The van der Waals surface area contributed by atoms with E-state index in [1.165, 1.54) is 12.1 Å². The van der Waals surface area contributed by atoms with Crippen molar-refractivity contribution in [2.75, 3.05) is 13.1 Å². The van der Waals surface area contributed by atoms with Gasteiger partial charge in [-0.3, -0.25) is 9.69 Å². The predicted molar refractivity (Wildman–Crippen MR) is 143 cm³/mol. The van der Waals surface area contributed by atoms with Crippen LogP contribution in [0.2, 0.25) is 0 Å². The van der Waals surface area contributed by atoms with Crippen LogP contribution >= 0.6 is 0 Å². The maximum atomic E-state index is 13.5. The molecule has 0 saturated carbocycles. The first-order chi connectivity index (χ1) is 18.8. The van der Waals surface area contributed by atoms with E-state index in [9.17, 15) is 22.8 Å². The molecule has 2 heterocycles. The molecule has 1 unspecified atom stereocenters. The van der Waals surface area contributed by atoms with E-state index in [-0.39, 0.29) is 24.0 Å². The number of hydrogen-bond acceptors (Lipinski definition) is 6. The summed E-state index contributed by atoms with van der Waals surface area (Å²) in [7, 11) is 0. The number of benzene rings is 2. The van der Waals surface area contributed by atoms with Gasteiger partial charge in [0.2, 0.25) is 0 Å². The number of nitrogens with one attached hydrogen (secondary N) is 1. The van der Waals surface area contributed by atoms with Gasteiger partial charge < -0.3 is 20.5 Å². The van der Waals surface area contributed by atoms with E-state index >= 15 is 0 Å². The summed E-state index contributed by atoms with van der Waals surface area (Å²) < 4.78 is 51.9. The highest BCUT2D eigenvalue weighted by molar-refractivity contribution is 5.91. The van der Waals surface area contributed by atoms with Gasteiger partial charge in [-0.15, -0.1) is 0 Å². The molecule has 2 amide bonds. The number of likely N-dealkylation sites (tertiary alicyclic amines) is 1. The van der Waals surface area contributed by atoms with Crippen molar-refractivity contribution in [2.45, 2.75) is 51.6 Å². The van der Waals surface area contributed by atoms with Crippen molar-refractivity contribution in [2.24, 2.45) is 5.73 Å². The summed E-state index contributed by atoms with van der Waals surface area (Å²) in [6.07, 6.45) is -4.39. The van der Waals surface area contributed by atoms with E-state index in [1.54, 1.807) is 57.2 Å². The third-order valence-corrected chi connectivity index (χ3v) is 6.15. The summed E-state index contributed by atoms with van der Waals surface area (Å²) >= 11 is 0. The number of alkyl carbamates (subject to hydrolysis) is 1. The summed E-state index contributed by atoms with van der Waals surface area (Å²) in [5.41, 5.74) is 5.67. The summed E-state index contributed by atoms with van der Waals surface area (Å²) in [5.74, 6) is 0.0708. The number of nitrogens with two attached hydrogens (primary N) is 1. The molecule has 0 aliphatic carbocycles. The minimum Gasteiger partial charge on any atom is -0.457 e. The highest BCUT2D eigenvalue weighted by atomic mass is 19.4. The molecule has 8 nitrogen and oxygen atoms in total. The second-order valence-electron chi connectivity index (χ2n) is 10.6. The van der Waals surface area contributed by atoms with Crippen LogP contribution in [-0.4, -0.2) is 46.6 Å². The fourth-order valence-corrected chi connectivity index (χ4v) is 4.34. The quantitative estimate of drug-likeness (QED) is 0.383. The third kappa shape index (κ3) is 7.72. The molecular formula is C29H31F3N4O4. The SMILES string of the molecule is CC(C)(C)OC(=O)NC1CCN(Cc2cc(C(F)(F)F)ccc2Oc2ccc(-c3cccc(C(N)=O)n3)cc2)C1. The Balaban J connectivity index is 1.49. The van der Waals surface area contributed by atoms with Crippen LogP contribution in [0.25, 0.3) is 11.3 Å². The van der Waals surface area contributed by atoms with Gasteiger partial charge in [-0.05, 0) is 81.8 Å². The minimum atomic E-state index is -4.51. The van der Waals surface area contributed by atoms with Gasteiger partial charge in [-0.2, -0.15) is 13.2 Å². The van der Waals surface area contributed by atoms with Crippen molar-refractivity contribution < 1.29 is 32.2 Å². The van der Waals surface area contributed by atoms with E-state index in [1.807, 2.05) is 4.90 Å². The number of rotatable bonds is 7. The number of pyridine rings is 1. The molecular weight excluding hydrogens is 525 g/mol. The minimum absolute atomic E-state index is 0.137. The number of nitrogens with zero attached hydrogens (tertiary/aromatic N) is 2. The Hall–Kier alpha value is -4.12. The van der Waals surface area contributed by atoms with Crippen LogP contribution in [0.1, 0.15) is 48.8 Å². The number of halogens is 3. The lowest BCUT2D eigenvalue weighted by Gasteiger charge is -2.22. The average Bonchev–Trinajstić information content (AvgIpc) is 3.30. The van der Waals surface area contributed by atoms with Crippen LogP contribution in [0.3, 0.4) is 0 Å². The smallest absolute Gasteiger partial charge is 0.416 e. The molecule has 3 aromatic rings. The van der Waals surface area contributed by atoms with Gasteiger partial charge >= 0.3 is 12.3 Å². The normalized spacial score (nSPS) is 16.0. The van der Waals surface area contributed by atoms with E-state index in [2.05, 4.69) is 10.3 Å². The van der Waals surface area contributed by atoms with Crippen molar-refractivity contribution in [1.82, 2.24) is 15.2 Å². The molecule has 0 spiro atoms. The zero-order chi connectivity index (χ0) is 29.1. The molecule has 40 heavy (non-hydrogen) atoms. The maximum Gasteiger partial charge on any atom is 0.416 e. The van der Waals surface area contributed by atoms with E-state index in [4.69, 9.17) is 15.2 Å². The lowest BCUT2D eigenvalue weighted by atomic mass is 10.1. The molecule has 0 bridgehead atoms. The molecule has 4 rings (SSSR count). The number of alkyl halides is 3. The van der Waals surface area contributed by atoms with Crippen LogP contribution in [0, 0.1) is 0 Å². The van der Waals surface area contributed by atoms with Gasteiger partial charge in [0, 0.05) is 36.8 Å². The zero-order valence-corrected chi connectivity index (χ0v) is 22.4. The molecule has 2 aromatic carbocycles. The van der Waals surface area contributed by atoms with Crippen LogP contribution in [0.5, 0.6) is 11.5 Å². The number of hydrogen-bond donors (Lipinski definition) is 2. The fraction of sp³-hybridized carbons (Fsp3) is 0.345. The summed E-state index contributed by atoms with van der Waals surface area (Å²) in [4.78, 5) is 29.8. The Labute approximate surface area is 230 Å². The number of carbonyl (C=O) groups excluding carboxylic acids is 2. The van der Waals surface area contributed by atoms with Crippen LogP contribution in [0.4, 0.5) is 18.0 Å². The monoisotopic (exact) mass is 556 g/mol. The first kappa shape index (κ1) is 28.9. The van der Waals surface area contributed by atoms with Crippen molar-refractivity contribution >= 4 is 12.0 Å². The molecule has 212 valence electrons. The average molecular weight is 557 g/mol. The van der Waals surface area contributed by atoms with Gasteiger partial charge in [-0.25, -0.2) is 9.78 Å². The van der Waals surface area contributed by atoms with E-state index in [0.29, 0.717) is 42.1 Å². The number of primary amides is 1. The number of carbonyl (C=O) groups is 2. The van der Waals surface area contributed by atoms with Crippen LogP contribution in [-0.2, 0) is 17.5 Å². The lowest BCUT2D eigenvalue weighted by Crippen LogP contribution is -2.40. The fourth-order valence-electron chi connectivity index (χ4n) is 4.34. The Morgan fingerprint density at radius 2 is 1.80 bits per heavy atom. The second kappa shape index (κ2) is 11.5. The molecule has 3 N–H and O–H groups in total. The molecule has 1 aromatic heterocycles. The molecule has 1 fully saturated rings. The Kier molecular flexibility index (Phi) is 8.34. The molecule has 1 saturated heterocycles. The van der Waals surface area contributed by atoms with Gasteiger partial charge in [-0.1, -0.05) is 6.07 Å². The summed E-state index contributed by atoms with van der Waals surface area (Å²) in [6.45, 7) is 6.56. The van der Waals surface area contributed by atoms with Crippen LogP contribution < -0.4 is 15.8 Å². The summed E-state index contributed by atoms with van der Waals surface area (Å²) in [5, 5.41) is 2.82. The molecule has 1 aliphatic rings. The molecule has 1 aliphatic heterocycles. The van der Waals surface area contributed by atoms with Crippen molar-refractivity contribution in [3.8, 4) is 22.8 Å². The number of amides is 2. The third-order valence-electron chi connectivity index (χ3n) is 6.15. The van der Waals surface area contributed by atoms with Crippen molar-refractivity contribution in [1.29, 1.82) is 0 Å². The van der Waals surface area contributed by atoms with Crippen molar-refractivity contribution in [3.63, 3.8) is 0 Å². The van der Waals surface area contributed by atoms with E-state index in [0.717, 1.165) is 12.1 Å². The standard InChI is InChI=1S/C29H31F3N4O4/c1-28(2,3)40-27(38)34-21-13-14-36(17-21)16-19-15-20(29(30,31)32)9-12-25(19)39-22-10-7-18(8-11-22)23-5-4-6-24(35-23)26(33)37/h4-12,15,21H,13-14,16-17H2,1-3H3,(H2,33,37)(H,34,38). The van der Waals surface area contributed by atoms with Gasteiger partial charge in [0.15, 0.2) is 0 Å². The topological polar surface area (TPSA) is 107 Å². The lowest BCUT2D eigenvalue weighted by molar-refractivity contribution is -0.137. The van der Waals surface area contributed by atoms with Crippen molar-refractivity contribution in [3.05, 3.63) is 77.5 Å². The Morgan fingerprint density at radius 3 is 2.45 bits per heavy atom. The Bertz CT molecular complexity index is 1370. The molecule has 0 radical (unpaired) electrons. The molecule has 1 atom stereocenters. The highest BCUT2D eigenvalue weighted by Gasteiger charge is 2.32. The van der Waals surface area contributed by atoms with Gasteiger partial charge in [0.05, 0.1) is 11.3 Å². The first-order valence-corrected chi connectivity index (χ1v) is 12.7. The molecule has 11 heteroatoms. The Morgan fingerprint density at radius 1 is 1.07 bits per heavy atom. The first-order valence-electron chi connectivity index (χ1n) is 12.7. The number of aromatic nitrogens is 1. The second-order valence-corrected chi connectivity index (χ2v) is 10.6. The maximum absolute atomic E-state index is 13.5. The van der Waals surface area contributed by atoms with Gasteiger partial charge in [0.25, 0.3) is 5.91 Å². The van der Waals surface area contributed by atoms with Gasteiger partial charge in [0.1, 0.15) is 22.8 Å². The predicted octanol–water partition coefficient (Wildman–Crippen LogP) is 5.76. The van der Waals surface area contributed by atoms with Crippen LogP contribution in [0.15, 0.2) is 60.7 Å². The van der Waals surface area contributed by atoms with E-state index < -0.39 is 29.3 Å². The number of ether oxygens (including phenoxy) is 2. The highest BCUT2D eigenvalue weighted by Crippen LogP contribution is 2.35.